The third-order valence-corrected chi connectivity index (χ3v) is 5.27. The predicted molar refractivity (Wildman–Crippen MR) is 109 cm³/mol. The number of nitrogens with one attached hydrogen (secondary N) is 1. The molecule has 0 radical (unpaired) electrons. The second kappa shape index (κ2) is 10.0. The Balaban J connectivity index is 1.60. The van der Waals surface area contributed by atoms with Crippen LogP contribution in [0.15, 0.2) is 60.7 Å². The number of hydrogen-bond donors (Lipinski definition) is 1. The minimum atomic E-state index is -0.390. The maximum absolute atomic E-state index is 13.1. The lowest BCUT2D eigenvalue weighted by molar-refractivity contribution is -0.151. The Bertz CT molecular complexity index is 764. The van der Waals surface area contributed by atoms with Gasteiger partial charge >= 0.3 is 5.97 Å². The molecule has 0 aliphatic carbocycles. The van der Waals surface area contributed by atoms with Crippen LogP contribution in [0.25, 0.3) is 0 Å². The number of methoxy groups -OCH3 is 1. The Kier molecular flexibility index (Phi) is 7.20. The van der Waals surface area contributed by atoms with Crippen LogP contribution >= 0.6 is 0 Å². The zero-order valence-electron chi connectivity index (χ0n) is 16.3. The van der Waals surface area contributed by atoms with Gasteiger partial charge in [0.05, 0.1) is 19.2 Å². The van der Waals surface area contributed by atoms with E-state index >= 15 is 0 Å². The molecule has 3 rings (SSSR count). The molecular weight excluding hydrogens is 352 g/mol. The Morgan fingerprint density at radius 1 is 1.07 bits per heavy atom. The van der Waals surface area contributed by atoms with Gasteiger partial charge in [-0.1, -0.05) is 60.7 Å². The first-order valence-corrected chi connectivity index (χ1v) is 9.88. The highest BCUT2D eigenvalue weighted by Crippen LogP contribution is 2.31. The summed E-state index contributed by atoms with van der Waals surface area (Å²) < 4.78 is 4.82. The molecule has 1 aliphatic heterocycles. The molecule has 0 unspecified atom stereocenters. The summed E-state index contributed by atoms with van der Waals surface area (Å²) >= 11 is 0. The Labute approximate surface area is 166 Å². The van der Waals surface area contributed by atoms with E-state index in [0.717, 1.165) is 37.8 Å². The van der Waals surface area contributed by atoms with Crippen LogP contribution in [0, 0.1) is 0 Å². The van der Waals surface area contributed by atoms with E-state index in [1.807, 2.05) is 48.5 Å². The first kappa shape index (κ1) is 20.1. The number of carbonyl (C=O) groups excluding carboxylic acids is 2. The van der Waals surface area contributed by atoms with Gasteiger partial charge in [0.15, 0.2) is 0 Å². The predicted octanol–water partition coefficient (Wildman–Crippen LogP) is 3.11. The van der Waals surface area contributed by atoms with E-state index in [1.165, 1.54) is 12.7 Å². The standard InChI is InChI=1S/C23H28N2O3/c1-28-22(26)17-25-21(19-12-6-3-7-13-19)15-14-20(23(25)27)24-16-8-11-18-9-4-2-5-10-18/h2-7,9-10,12-13,20-21,24H,8,11,14-17H2,1H3/t20-,21-/m0/s1. The molecule has 2 aromatic carbocycles. The van der Waals surface area contributed by atoms with Gasteiger partial charge in [0.1, 0.15) is 6.54 Å². The average molecular weight is 380 g/mol. The summed E-state index contributed by atoms with van der Waals surface area (Å²) in [4.78, 5) is 26.6. The molecule has 5 heteroatoms. The van der Waals surface area contributed by atoms with Gasteiger partial charge in [-0.3, -0.25) is 9.59 Å². The number of benzene rings is 2. The molecule has 1 N–H and O–H groups in total. The van der Waals surface area contributed by atoms with Crippen LogP contribution in [0.2, 0.25) is 0 Å². The van der Waals surface area contributed by atoms with E-state index in [9.17, 15) is 9.59 Å². The lowest BCUT2D eigenvalue weighted by atomic mass is 9.92. The number of likely N-dealkylation sites (tertiary alicyclic amines) is 1. The molecule has 1 aliphatic rings. The third kappa shape index (κ3) is 5.20. The Hall–Kier alpha value is -2.66. The topological polar surface area (TPSA) is 58.6 Å². The summed E-state index contributed by atoms with van der Waals surface area (Å²) in [5.41, 5.74) is 2.36. The smallest absolute Gasteiger partial charge is 0.325 e. The first-order valence-electron chi connectivity index (χ1n) is 9.88. The molecule has 2 aromatic rings. The highest BCUT2D eigenvalue weighted by Gasteiger charge is 2.36. The number of rotatable bonds is 8. The van der Waals surface area contributed by atoms with Gasteiger partial charge in [0, 0.05) is 0 Å². The minimum absolute atomic E-state index is 0.0168. The van der Waals surface area contributed by atoms with Crippen molar-refractivity contribution in [3.8, 4) is 0 Å². The number of carbonyl (C=O) groups is 2. The molecular formula is C23H28N2O3. The van der Waals surface area contributed by atoms with Gasteiger partial charge in [-0.15, -0.1) is 0 Å². The zero-order valence-corrected chi connectivity index (χ0v) is 16.3. The van der Waals surface area contributed by atoms with Gasteiger partial charge in [0.25, 0.3) is 0 Å². The van der Waals surface area contributed by atoms with Crippen molar-refractivity contribution in [2.24, 2.45) is 0 Å². The number of aryl methyl sites for hydroxylation is 1. The molecule has 28 heavy (non-hydrogen) atoms. The highest BCUT2D eigenvalue weighted by atomic mass is 16.5. The van der Waals surface area contributed by atoms with Crippen LogP contribution in [-0.4, -0.2) is 43.0 Å². The Morgan fingerprint density at radius 2 is 1.75 bits per heavy atom. The lowest BCUT2D eigenvalue weighted by Crippen LogP contribution is -2.53. The van der Waals surface area contributed by atoms with E-state index in [-0.39, 0.29) is 30.5 Å². The van der Waals surface area contributed by atoms with Crippen LogP contribution < -0.4 is 5.32 Å². The molecule has 0 saturated carbocycles. The van der Waals surface area contributed by atoms with Gasteiger partial charge in [-0.05, 0) is 43.4 Å². The molecule has 1 saturated heterocycles. The number of ether oxygens (including phenoxy) is 1. The summed E-state index contributed by atoms with van der Waals surface area (Å²) in [5, 5.41) is 3.39. The van der Waals surface area contributed by atoms with E-state index in [4.69, 9.17) is 4.74 Å². The van der Waals surface area contributed by atoms with Gasteiger partial charge in [-0.2, -0.15) is 0 Å². The lowest BCUT2D eigenvalue weighted by Gasteiger charge is -2.39. The van der Waals surface area contributed by atoms with E-state index < -0.39 is 0 Å². The van der Waals surface area contributed by atoms with Crippen LogP contribution in [0.5, 0.6) is 0 Å². The third-order valence-electron chi connectivity index (χ3n) is 5.27. The van der Waals surface area contributed by atoms with Crippen molar-refractivity contribution in [2.45, 2.75) is 37.8 Å². The number of nitrogens with zero attached hydrogens (tertiary/aromatic N) is 1. The van der Waals surface area contributed by atoms with Crippen molar-refractivity contribution in [1.29, 1.82) is 0 Å². The first-order chi connectivity index (χ1) is 13.7. The maximum atomic E-state index is 13.1. The summed E-state index contributed by atoms with van der Waals surface area (Å²) in [7, 11) is 1.35. The Morgan fingerprint density at radius 3 is 2.43 bits per heavy atom. The van der Waals surface area contributed by atoms with Crippen molar-refractivity contribution in [3.05, 3.63) is 71.8 Å². The van der Waals surface area contributed by atoms with E-state index in [0.29, 0.717) is 0 Å². The fourth-order valence-corrected chi connectivity index (χ4v) is 3.77. The highest BCUT2D eigenvalue weighted by molar-refractivity contribution is 5.87. The molecule has 1 heterocycles. The minimum Gasteiger partial charge on any atom is -0.468 e. The summed E-state index contributed by atoms with van der Waals surface area (Å²) in [5.74, 6) is -0.413. The van der Waals surface area contributed by atoms with E-state index in [1.54, 1.807) is 4.90 Å². The number of esters is 1. The van der Waals surface area contributed by atoms with Crippen molar-refractivity contribution in [1.82, 2.24) is 10.2 Å². The van der Waals surface area contributed by atoms with Crippen LogP contribution in [0.1, 0.15) is 36.4 Å². The molecule has 5 nitrogen and oxygen atoms in total. The molecule has 0 spiro atoms. The molecule has 0 aromatic heterocycles. The molecule has 0 bridgehead atoms. The molecule has 1 fully saturated rings. The van der Waals surface area contributed by atoms with Crippen LogP contribution in [0.3, 0.4) is 0 Å². The average Bonchev–Trinajstić information content (AvgIpc) is 2.74. The second-order valence-electron chi connectivity index (χ2n) is 7.14. The fraction of sp³-hybridized carbons (Fsp3) is 0.391. The summed E-state index contributed by atoms with van der Waals surface area (Å²) in [6, 6.07) is 19.9. The molecule has 148 valence electrons. The van der Waals surface area contributed by atoms with E-state index in [2.05, 4.69) is 17.4 Å². The van der Waals surface area contributed by atoms with Gasteiger partial charge < -0.3 is 15.0 Å². The van der Waals surface area contributed by atoms with Crippen LogP contribution in [-0.2, 0) is 20.7 Å². The quantitative estimate of drug-likeness (QED) is 0.565. The summed E-state index contributed by atoms with van der Waals surface area (Å²) in [6.07, 6.45) is 3.53. The number of amides is 1. The van der Waals surface area contributed by atoms with Crippen molar-refractivity contribution in [3.63, 3.8) is 0 Å². The monoisotopic (exact) mass is 380 g/mol. The van der Waals surface area contributed by atoms with Crippen LogP contribution in [0.4, 0.5) is 0 Å². The molecule has 2 atom stereocenters. The van der Waals surface area contributed by atoms with Gasteiger partial charge in [-0.25, -0.2) is 0 Å². The zero-order chi connectivity index (χ0) is 19.8. The second-order valence-corrected chi connectivity index (χ2v) is 7.14. The SMILES string of the molecule is COC(=O)CN1C(=O)[C@@H](NCCCc2ccccc2)CC[C@H]1c1ccccc1. The van der Waals surface area contributed by atoms with Gasteiger partial charge in [0.2, 0.25) is 5.91 Å². The number of hydrogen-bond acceptors (Lipinski definition) is 4. The summed E-state index contributed by atoms with van der Waals surface area (Å²) in [6.45, 7) is 0.754. The normalized spacial score (nSPS) is 19.5. The van der Waals surface area contributed by atoms with Crippen molar-refractivity contribution < 1.29 is 14.3 Å². The number of piperidine rings is 1. The fourth-order valence-electron chi connectivity index (χ4n) is 3.77. The maximum Gasteiger partial charge on any atom is 0.325 e. The molecule has 1 amide bonds. The van der Waals surface area contributed by atoms with Crippen molar-refractivity contribution in [2.75, 3.05) is 20.2 Å². The largest absolute Gasteiger partial charge is 0.468 e. The van der Waals surface area contributed by atoms with Crippen molar-refractivity contribution >= 4 is 11.9 Å².